The molecule has 0 N–H and O–H groups in total. The Labute approximate surface area is 260 Å². The predicted molar refractivity (Wildman–Crippen MR) is 175 cm³/mol. The fourth-order valence-electron chi connectivity index (χ4n) is 5.30. The van der Waals surface area contributed by atoms with E-state index in [1.165, 1.54) is 31.1 Å². The van der Waals surface area contributed by atoms with Crippen LogP contribution < -0.4 is 5.43 Å². The smallest absolute Gasteiger partial charge is 0.254 e. The molecular weight excluding hydrogens is 552 g/mol. The van der Waals surface area contributed by atoms with Gasteiger partial charge in [0.2, 0.25) is 5.91 Å². The molecule has 0 fully saturated rings. The van der Waals surface area contributed by atoms with Crippen molar-refractivity contribution >= 4 is 22.8 Å². The van der Waals surface area contributed by atoms with Crippen LogP contribution in [0.15, 0.2) is 88.3 Å². The van der Waals surface area contributed by atoms with Gasteiger partial charge >= 0.3 is 0 Å². The minimum absolute atomic E-state index is 0.0623. The summed E-state index contributed by atoms with van der Waals surface area (Å²) in [6.45, 7) is 5.20. The van der Waals surface area contributed by atoms with E-state index < -0.39 is 0 Å². The molecule has 0 aliphatic heterocycles. The number of nitrogens with zero attached hydrogens (tertiary/aromatic N) is 2. The van der Waals surface area contributed by atoms with Gasteiger partial charge in [-0.25, -0.2) is 0 Å². The second-order valence-corrected chi connectivity index (χ2v) is 11.4. The number of fused-ring (bicyclic) bond motifs is 1. The van der Waals surface area contributed by atoms with Crippen LogP contribution in [0.25, 0.3) is 11.0 Å². The van der Waals surface area contributed by atoms with Gasteiger partial charge in [-0.1, -0.05) is 80.3 Å². The van der Waals surface area contributed by atoms with Gasteiger partial charge in [-0.05, 0) is 61.6 Å². The summed E-state index contributed by atoms with van der Waals surface area (Å²) >= 11 is 0. The third-order valence-electron chi connectivity index (χ3n) is 7.84. The molecule has 0 saturated heterocycles. The zero-order chi connectivity index (χ0) is 31.3. The van der Waals surface area contributed by atoms with E-state index in [4.69, 9.17) is 9.15 Å². The van der Waals surface area contributed by atoms with Crippen molar-refractivity contribution in [1.29, 1.82) is 0 Å². The van der Waals surface area contributed by atoms with Gasteiger partial charge < -0.3 is 19.0 Å². The van der Waals surface area contributed by atoms with Crippen LogP contribution in [0, 0.1) is 6.92 Å². The van der Waals surface area contributed by atoms with Crippen LogP contribution in [0.1, 0.15) is 71.6 Å². The Hall–Kier alpha value is -4.23. The Morgan fingerprint density at radius 3 is 2.34 bits per heavy atom. The van der Waals surface area contributed by atoms with Gasteiger partial charge in [0.15, 0.2) is 5.43 Å². The van der Waals surface area contributed by atoms with E-state index in [-0.39, 0.29) is 36.9 Å². The molecule has 4 rings (SSSR count). The zero-order valence-corrected chi connectivity index (χ0v) is 26.2. The van der Waals surface area contributed by atoms with Crippen LogP contribution >= 0.6 is 0 Å². The fraction of sp³-hybridized carbons (Fsp3) is 0.378. The summed E-state index contributed by atoms with van der Waals surface area (Å²) in [4.78, 5) is 44.3. The summed E-state index contributed by atoms with van der Waals surface area (Å²) in [5.74, 6) is -0.455. The summed E-state index contributed by atoms with van der Waals surface area (Å²) in [6, 6.07) is 22.9. The molecule has 0 spiro atoms. The van der Waals surface area contributed by atoms with Crippen LogP contribution in [-0.4, -0.2) is 48.4 Å². The molecule has 1 aromatic heterocycles. The molecule has 44 heavy (non-hydrogen) atoms. The van der Waals surface area contributed by atoms with Crippen LogP contribution in [-0.2, 0) is 29.0 Å². The predicted octanol–water partition coefficient (Wildman–Crippen LogP) is 6.93. The van der Waals surface area contributed by atoms with Gasteiger partial charge in [0.05, 0.1) is 23.8 Å². The van der Waals surface area contributed by atoms with E-state index in [0.29, 0.717) is 41.7 Å². The fourth-order valence-corrected chi connectivity index (χ4v) is 5.30. The molecule has 0 aliphatic carbocycles. The SMILES string of the molecule is CCCCCCc1ccc(C(=O)N(CCCOC)CC(=O)N(Cc2ccccc2)Cc2coc3ccc(C)cc3c2=O)cc1. The molecule has 0 atom stereocenters. The topological polar surface area (TPSA) is 80.1 Å². The summed E-state index contributed by atoms with van der Waals surface area (Å²) in [6.07, 6.45) is 7.78. The van der Waals surface area contributed by atoms with E-state index >= 15 is 0 Å². The number of ether oxygens (including phenoxy) is 1. The van der Waals surface area contributed by atoms with E-state index in [1.54, 1.807) is 29.0 Å². The number of rotatable bonds is 16. The average Bonchev–Trinajstić information content (AvgIpc) is 3.04. The number of hydrogen-bond acceptors (Lipinski definition) is 5. The molecule has 0 saturated carbocycles. The van der Waals surface area contributed by atoms with Gasteiger partial charge in [-0.15, -0.1) is 0 Å². The van der Waals surface area contributed by atoms with Crippen molar-refractivity contribution in [1.82, 2.24) is 9.80 Å². The Balaban J connectivity index is 1.56. The highest BCUT2D eigenvalue weighted by atomic mass is 16.5. The van der Waals surface area contributed by atoms with Crippen molar-refractivity contribution in [3.8, 4) is 0 Å². The third-order valence-corrected chi connectivity index (χ3v) is 7.84. The number of amides is 2. The Morgan fingerprint density at radius 1 is 0.841 bits per heavy atom. The van der Waals surface area contributed by atoms with Gasteiger partial charge in [-0.3, -0.25) is 14.4 Å². The van der Waals surface area contributed by atoms with E-state index in [9.17, 15) is 14.4 Å². The quantitative estimate of drug-likeness (QED) is 0.131. The minimum atomic E-state index is -0.254. The standard InChI is InChI=1S/C37H44N2O5/c1-4-5-6-8-12-29-16-18-31(19-17-29)37(42)38(21-11-22-43-3)26-35(40)39(24-30-13-9-7-10-14-30)25-32-27-44-34-20-15-28(2)23-33(34)36(32)41/h7,9-10,13-20,23,27H,4-6,8,11-12,21-22,24-26H2,1-3H3. The van der Waals surface area contributed by atoms with Crippen molar-refractivity contribution in [3.63, 3.8) is 0 Å². The molecule has 3 aromatic carbocycles. The van der Waals surface area contributed by atoms with Gasteiger partial charge in [0.1, 0.15) is 12.1 Å². The van der Waals surface area contributed by atoms with Crippen LogP contribution in [0.4, 0.5) is 0 Å². The molecule has 232 valence electrons. The normalized spacial score (nSPS) is 11.1. The van der Waals surface area contributed by atoms with Gasteiger partial charge in [0.25, 0.3) is 5.91 Å². The molecule has 0 aliphatic rings. The largest absolute Gasteiger partial charge is 0.464 e. The molecule has 7 nitrogen and oxygen atoms in total. The van der Waals surface area contributed by atoms with Crippen molar-refractivity contribution < 1.29 is 18.7 Å². The first-order valence-electron chi connectivity index (χ1n) is 15.6. The highest BCUT2D eigenvalue weighted by molar-refractivity contribution is 5.96. The van der Waals surface area contributed by atoms with E-state index in [1.807, 2.05) is 67.6 Å². The number of benzene rings is 3. The van der Waals surface area contributed by atoms with Crippen molar-refractivity contribution in [3.05, 3.63) is 117 Å². The highest BCUT2D eigenvalue weighted by Crippen LogP contribution is 2.17. The van der Waals surface area contributed by atoms with Gasteiger partial charge in [0, 0.05) is 32.4 Å². The molecule has 4 aromatic rings. The molecular formula is C37H44N2O5. The molecule has 2 amide bonds. The maximum atomic E-state index is 14.0. The Bertz CT molecular complexity index is 1560. The second-order valence-electron chi connectivity index (χ2n) is 11.4. The lowest BCUT2D eigenvalue weighted by Crippen LogP contribution is -2.43. The molecule has 0 unspecified atom stereocenters. The van der Waals surface area contributed by atoms with Gasteiger partial charge in [-0.2, -0.15) is 0 Å². The summed E-state index contributed by atoms with van der Waals surface area (Å²) in [5, 5.41) is 0.486. The first kappa shape index (κ1) is 32.7. The van der Waals surface area contributed by atoms with Crippen LogP contribution in [0.5, 0.6) is 0 Å². The maximum absolute atomic E-state index is 14.0. The first-order chi connectivity index (χ1) is 21.4. The van der Waals surface area contributed by atoms with Crippen LogP contribution in [0.2, 0.25) is 0 Å². The third kappa shape index (κ3) is 9.13. The Kier molecular flexibility index (Phi) is 12.3. The van der Waals surface area contributed by atoms with E-state index in [2.05, 4.69) is 6.92 Å². The lowest BCUT2D eigenvalue weighted by Gasteiger charge is -2.28. The number of hydrogen-bond donors (Lipinski definition) is 0. The second kappa shape index (κ2) is 16.6. The van der Waals surface area contributed by atoms with Crippen LogP contribution in [0.3, 0.4) is 0 Å². The lowest BCUT2D eigenvalue weighted by molar-refractivity contribution is -0.133. The molecule has 1 heterocycles. The summed E-state index contributed by atoms with van der Waals surface area (Å²) in [5.41, 5.74) is 4.36. The average molecular weight is 597 g/mol. The van der Waals surface area contributed by atoms with Crippen molar-refractivity contribution in [2.75, 3.05) is 26.8 Å². The van der Waals surface area contributed by atoms with Crippen molar-refractivity contribution in [2.45, 2.75) is 65.5 Å². The Morgan fingerprint density at radius 2 is 1.61 bits per heavy atom. The molecule has 7 heteroatoms. The lowest BCUT2D eigenvalue weighted by atomic mass is 10.0. The number of carbonyl (C=O) groups excluding carboxylic acids is 2. The van der Waals surface area contributed by atoms with Crippen molar-refractivity contribution in [2.24, 2.45) is 0 Å². The number of methoxy groups -OCH3 is 1. The zero-order valence-electron chi connectivity index (χ0n) is 26.2. The molecule has 0 radical (unpaired) electrons. The highest BCUT2D eigenvalue weighted by Gasteiger charge is 2.24. The number of unbranched alkanes of at least 4 members (excludes halogenated alkanes) is 3. The number of aryl methyl sites for hydroxylation is 2. The molecule has 0 bridgehead atoms. The monoisotopic (exact) mass is 596 g/mol. The maximum Gasteiger partial charge on any atom is 0.254 e. The number of carbonyl (C=O) groups is 2. The first-order valence-corrected chi connectivity index (χ1v) is 15.6. The summed E-state index contributed by atoms with van der Waals surface area (Å²) < 4.78 is 11.0. The summed E-state index contributed by atoms with van der Waals surface area (Å²) in [7, 11) is 1.62. The minimum Gasteiger partial charge on any atom is -0.464 e. The van der Waals surface area contributed by atoms with E-state index in [0.717, 1.165) is 24.0 Å².